The van der Waals surface area contributed by atoms with E-state index >= 15 is 0 Å². The molecular weight excluding hydrogens is 382 g/mol. The fourth-order valence-corrected chi connectivity index (χ4v) is 4.01. The third-order valence-corrected chi connectivity index (χ3v) is 5.69. The molecule has 0 radical (unpaired) electrons. The summed E-state index contributed by atoms with van der Waals surface area (Å²) in [6.07, 6.45) is 0.919. The Balaban J connectivity index is 1.27. The molecule has 0 aromatic heterocycles. The summed E-state index contributed by atoms with van der Waals surface area (Å²) < 4.78 is 5.75. The van der Waals surface area contributed by atoms with Crippen LogP contribution in [-0.2, 0) is 6.42 Å². The van der Waals surface area contributed by atoms with Gasteiger partial charge >= 0.3 is 0 Å². The maximum absolute atomic E-state index is 12.7. The minimum absolute atomic E-state index is 0.00333. The number of carbonyl (C=O) groups excluding carboxylic acids is 1. The average molecular weight is 401 g/mol. The lowest BCUT2D eigenvalue weighted by atomic mass is 10.0. The van der Waals surface area contributed by atoms with Crippen LogP contribution in [0, 0.1) is 11.3 Å². The second-order valence-electron chi connectivity index (χ2n) is 7.63. The average Bonchev–Trinajstić information content (AvgIpc) is 3.21. The number of nitriles is 1. The van der Waals surface area contributed by atoms with Crippen molar-refractivity contribution in [3.8, 4) is 34.1 Å². The molecule has 0 fully saturated rings. The third kappa shape index (κ3) is 3.72. The van der Waals surface area contributed by atoms with Crippen molar-refractivity contribution >= 4 is 5.78 Å². The Bertz CT molecular complexity index is 1310. The van der Waals surface area contributed by atoms with Gasteiger partial charge in [0, 0.05) is 5.56 Å². The van der Waals surface area contributed by atoms with Crippen molar-refractivity contribution in [2.75, 3.05) is 6.61 Å². The Labute approximate surface area is 181 Å². The van der Waals surface area contributed by atoms with Crippen molar-refractivity contribution in [1.29, 1.82) is 5.26 Å². The van der Waals surface area contributed by atoms with Gasteiger partial charge in [-0.2, -0.15) is 5.26 Å². The Morgan fingerprint density at radius 1 is 0.806 bits per heavy atom. The second kappa shape index (κ2) is 7.93. The van der Waals surface area contributed by atoms with E-state index in [2.05, 4.69) is 30.3 Å². The minimum atomic E-state index is -0.0386. The summed E-state index contributed by atoms with van der Waals surface area (Å²) in [4.78, 5) is 12.7. The first kappa shape index (κ1) is 18.8. The summed E-state index contributed by atoms with van der Waals surface area (Å²) in [5.74, 6) is 0.612. The molecule has 0 saturated heterocycles. The number of Topliss-reactive ketones (excluding diaryl/α,β-unsaturated/α-hetero) is 1. The fraction of sp³-hybridized carbons (Fsp3) is 0.0714. The van der Waals surface area contributed by atoms with Crippen LogP contribution in [0.25, 0.3) is 22.3 Å². The zero-order chi connectivity index (χ0) is 21.2. The van der Waals surface area contributed by atoms with Crippen LogP contribution in [0.2, 0.25) is 0 Å². The number of benzene rings is 4. The first-order chi connectivity index (χ1) is 15.2. The van der Waals surface area contributed by atoms with Gasteiger partial charge in [0.1, 0.15) is 5.75 Å². The molecule has 0 aliphatic heterocycles. The molecule has 0 bridgehead atoms. The highest BCUT2D eigenvalue weighted by Crippen LogP contribution is 2.36. The summed E-state index contributed by atoms with van der Waals surface area (Å²) in [5.41, 5.74) is 8.29. The molecule has 0 amide bonds. The maximum atomic E-state index is 12.7. The molecule has 0 atom stereocenters. The molecule has 31 heavy (non-hydrogen) atoms. The van der Waals surface area contributed by atoms with Gasteiger partial charge in [-0.05, 0) is 70.1 Å². The summed E-state index contributed by atoms with van der Waals surface area (Å²) in [6, 6.07) is 31.5. The molecule has 0 unspecified atom stereocenters. The zero-order valence-electron chi connectivity index (χ0n) is 16.8. The summed E-state index contributed by atoms with van der Waals surface area (Å²) >= 11 is 0. The highest BCUT2D eigenvalue weighted by molar-refractivity contribution is 5.99. The largest absolute Gasteiger partial charge is 0.485 e. The number of nitrogens with zero attached hydrogens (tertiary/aromatic N) is 1. The molecule has 0 heterocycles. The standard InChI is InChI=1S/C28H19NO2/c29-17-19-5-7-20(8-6-19)21-11-13-25(14-12-21)31-18-28(30)24-10-9-23-15-22-3-1-2-4-26(22)27(23)16-24/h1-14,16H,15,18H2. The van der Waals surface area contributed by atoms with E-state index in [1.165, 1.54) is 16.7 Å². The molecule has 3 heteroatoms. The van der Waals surface area contributed by atoms with Crippen LogP contribution in [0.15, 0.2) is 91.0 Å². The highest BCUT2D eigenvalue weighted by Gasteiger charge is 2.19. The summed E-state index contributed by atoms with van der Waals surface area (Å²) in [5, 5.41) is 8.92. The van der Waals surface area contributed by atoms with E-state index in [4.69, 9.17) is 10.00 Å². The SMILES string of the molecule is N#Cc1ccc(-c2ccc(OCC(=O)c3ccc4c(c3)-c3ccccc3C4)cc2)cc1. The van der Waals surface area contributed by atoms with E-state index < -0.39 is 0 Å². The van der Waals surface area contributed by atoms with Gasteiger partial charge in [0.15, 0.2) is 12.4 Å². The van der Waals surface area contributed by atoms with Crippen molar-refractivity contribution in [3.63, 3.8) is 0 Å². The molecule has 1 aliphatic carbocycles. The Morgan fingerprint density at radius 3 is 2.23 bits per heavy atom. The lowest BCUT2D eigenvalue weighted by Crippen LogP contribution is -2.11. The van der Waals surface area contributed by atoms with Crippen LogP contribution in [-0.4, -0.2) is 12.4 Å². The molecule has 4 aromatic carbocycles. The van der Waals surface area contributed by atoms with E-state index in [1.54, 1.807) is 12.1 Å². The van der Waals surface area contributed by atoms with Gasteiger partial charge < -0.3 is 4.74 Å². The number of rotatable bonds is 5. The van der Waals surface area contributed by atoms with Gasteiger partial charge in [0.25, 0.3) is 0 Å². The monoisotopic (exact) mass is 401 g/mol. The normalized spacial score (nSPS) is 11.3. The smallest absolute Gasteiger partial charge is 0.200 e. The van der Waals surface area contributed by atoms with Crippen molar-refractivity contribution in [2.45, 2.75) is 6.42 Å². The minimum Gasteiger partial charge on any atom is -0.485 e. The molecule has 3 nitrogen and oxygen atoms in total. The number of ketones is 1. The van der Waals surface area contributed by atoms with Crippen LogP contribution in [0.1, 0.15) is 27.0 Å². The van der Waals surface area contributed by atoms with E-state index in [0.29, 0.717) is 16.9 Å². The number of ether oxygens (including phenoxy) is 1. The lowest BCUT2D eigenvalue weighted by Gasteiger charge is -2.09. The predicted molar refractivity (Wildman–Crippen MR) is 121 cm³/mol. The zero-order valence-corrected chi connectivity index (χ0v) is 16.8. The highest BCUT2D eigenvalue weighted by atomic mass is 16.5. The van der Waals surface area contributed by atoms with Gasteiger partial charge in [-0.15, -0.1) is 0 Å². The Morgan fingerprint density at radius 2 is 1.48 bits per heavy atom. The molecular formula is C28H19NO2. The first-order valence-corrected chi connectivity index (χ1v) is 10.2. The summed E-state index contributed by atoms with van der Waals surface area (Å²) in [7, 11) is 0. The van der Waals surface area contributed by atoms with E-state index in [0.717, 1.165) is 23.1 Å². The third-order valence-electron chi connectivity index (χ3n) is 5.69. The molecule has 5 rings (SSSR count). The van der Waals surface area contributed by atoms with E-state index in [1.807, 2.05) is 54.6 Å². The first-order valence-electron chi connectivity index (χ1n) is 10.2. The van der Waals surface area contributed by atoms with Crippen LogP contribution in [0.5, 0.6) is 5.75 Å². The van der Waals surface area contributed by atoms with Gasteiger partial charge in [-0.25, -0.2) is 0 Å². The van der Waals surface area contributed by atoms with E-state index in [9.17, 15) is 4.79 Å². The van der Waals surface area contributed by atoms with Crippen LogP contribution < -0.4 is 4.74 Å². The number of carbonyl (C=O) groups is 1. The van der Waals surface area contributed by atoms with Gasteiger partial charge in [-0.1, -0.05) is 60.7 Å². The number of fused-ring (bicyclic) bond motifs is 3. The maximum Gasteiger partial charge on any atom is 0.200 e. The lowest BCUT2D eigenvalue weighted by molar-refractivity contribution is 0.0921. The van der Waals surface area contributed by atoms with Crippen molar-refractivity contribution < 1.29 is 9.53 Å². The Hall–Kier alpha value is -4.16. The van der Waals surface area contributed by atoms with Gasteiger partial charge in [0.05, 0.1) is 11.6 Å². The topological polar surface area (TPSA) is 50.1 Å². The predicted octanol–water partition coefficient (Wildman–Crippen LogP) is 6.06. The van der Waals surface area contributed by atoms with Gasteiger partial charge in [-0.3, -0.25) is 4.79 Å². The molecule has 148 valence electrons. The van der Waals surface area contributed by atoms with Gasteiger partial charge in [0.2, 0.25) is 0 Å². The molecule has 0 spiro atoms. The second-order valence-corrected chi connectivity index (χ2v) is 7.63. The fourth-order valence-electron chi connectivity index (χ4n) is 4.01. The van der Waals surface area contributed by atoms with Crippen LogP contribution in [0.3, 0.4) is 0 Å². The molecule has 0 N–H and O–H groups in total. The van der Waals surface area contributed by atoms with E-state index in [-0.39, 0.29) is 12.4 Å². The number of hydrogen-bond acceptors (Lipinski definition) is 3. The quantitative estimate of drug-likeness (QED) is 0.336. The summed E-state index contributed by atoms with van der Waals surface area (Å²) in [6.45, 7) is -0.00333. The van der Waals surface area contributed by atoms with Crippen molar-refractivity contribution in [1.82, 2.24) is 0 Å². The Kier molecular flexibility index (Phi) is 4.82. The number of hydrogen-bond donors (Lipinski definition) is 0. The van der Waals surface area contributed by atoms with Crippen LogP contribution in [0.4, 0.5) is 0 Å². The van der Waals surface area contributed by atoms with Crippen molar-refractivity contribution in [2.24, 2.45) is 0 Å². The molecule has 1 aliphatic rings. The van der Waals surface area contributed by atoms with Crippen LogP contribution >= 0.6 is 0 Å². The van der Waals surface area contributed by atoms with Crippen molar-refractivity contribution in [3.05, 3.63) is 113 Å². The molecule has 4 aromatic rings. The molecule has 0 saturated carbocycles.